The fraction of sp³-hybridized carbons (Fsp3) is 0.107. The minimum Gasteiger partial charge on any atom is -0.497 e. The summed E-state index contributed by atoms with van der Waals surface area (Å²) < 4.78 is 7.26. The highest BCUT2D eigenvalue weighted by molar-refractivity contribution is 7.98. The van der Waals surface area contributed by atoms with Gasteiger partial charge in [-0.3, -0.25) is 9.36 Å². The molecule has 6 nitrogen and oxygen atoms in total. The van der Waals surface area contributed by atoms with E-state index >= 15 is 0 Å². The molecule has 2 heterocycles. The average molecular weight is 513 g/mol. The maximum atomic E-state index is 12.6. The Hall–Kier alpha value is -3.88. The molecule has 1 amide bonds. The van der Waals surface area contributed by atoms with Crippen LogP contribution in [-0.2, 0) is 5.75 Å². The molecule has 0 bridgehead atoms. The number of thiophene rings is 1. The number of ether oxygens (including phenoxy) is 1. The molecule has 180 valence electrons. The summed E-state index contributed by atoms with van der Waals surface area (Å²) in [5.74, 6) is 2.13. The molecule has 0 radical (unpaired) electrons. The van der Waals surface area contributed by atoms with Gasteiger partial charge in [0.25, 0.3) is 5.91 Å². The number of rotatable bonds is 8. The summed E-state index contributed by atoms with van der Waals surface area (Å²) in [4.78, 5) is 13.7. The summed E-state index contributed by atoms with van der Waals surface area (Å²) in [5, 5.41) is 14.8. The van der Waals surface area contributed by atoms with Crippen molar-refractivity contribution in [1.82, 2.24) is 14.8 Å². The molecule has 1 N–H and O–H groups in total. The molecule has 0 saturated carbocycles. The van der Waals surface area contributed by atoms with Crippen LogP contribution in [0.1, 0.15) is 21.5 Å². The van der Waals surface area contributed by atoms with Gasteiger partial charge in [-0.15, -0.1) is 21.5 Å². The van der Waals surface area contributed by atoms with Crippen LogP contribution in [0.3, 0.4) is 0 Å². The minimum absolute atomic E-state index is 0.154. The maximum Gasteiger partial charge on any atom is 0.255 e. The predicted octanol–water partition coefficient (Wildman–Crippen LogP) is 6.86. The van der Waals surface area contributed by atoms with Crippen LogP contribution in [0.15, 0.2) is 95.5 Å². The third-order valence-electron chi connectivity index (χ3n) is 5.60. The lowest BCUT2D eigenvalue weighted by Gasteiger charge is -2.10. The lowest BCUT2D eigenvalue weighted by atomic mass is 10.1. The van der Waals surface area contributed by atoms with Crippen LogP contribution < -0.4 is 10.1 Å². The standard InChI is InChI=1S/C28H24N4O2S2/c1-19-5-13-23(14-6-19)32-26(25-4-3-17-35-25)30-31-28(32)36-18-20-7-9-21(10-8-20)27(33)29-22-11-15-24(34-2)16-12-22/h3-17H,18H2,1-2H3,(H,29,33). The summed E-state index contributed by atoms with van der Waals surface area (Å²) in [6, 6.07) is 27.4. The fourth-order valence-corrected chi connectivity index (χ4v) is 5.24. The number of thioether (sulfide) groups is 1. The van der Waals surface area contributed by atoms with Crippen LogP contribution >= 0.6 is 23.1 Å². The first-order chi connectivity index (χ1) is 17.6. The number of benzene rings is 3. The fourth-order valence-electron chi connectivity index (χ4n) is 3.63. The number of aryl methyl sites for hydroxylation is 1. The van der Waals surface area contributed by atoms with E-state index in [9.17, 15) is 4.79 Å². The molecule has 0 aliphatic carbocycles. The van der Waals surface area contributed by atoms with Crippen LogP contribution in [0.5, 0.6) is 5.75 Å². The molecule has 0 spiro atoms. The highest BCUT2D eigenvalue weighted by Crippen LogP contribution is 2.32. The molecule has 8 heteroatoms. The molecular weight excluding hydrogens is 488 g/mol. The average Bonchev–Trinajstić information content (AvgIpc) is 3.59. The van der Waals surface area contributed by atoms with E-state index < -0.39 is 0 Å². The summed E-state index contributed by atoms with van der Waals surface area (Å²) in [7, 11) is 1.61. The van der Waals surface area contributed by atoms with Crippen molar-refractivity contribution in [3.8, 4) is 22.1 Å². The van der Waals surface area contributed by atoms with E-state index in [0.29, 0.717) is 11.3 Å². The van der Waals surface area contributed by atoms with Gasteiger partial charge >= 0.3 is 0 Å². The highest BCUT2D eigenvalue weighted by Gasteiger charge is 2.17. The number of nitrogens with zero attached hydrogens (tertiary/aromatic N) is 3. The van der Waals surface area contributed by atoms with Crippen LogP contribution in [0.4, 0.5) is 5.69 Å². The zero-order valence-corrected chi connectivity index (χ0v) is 21.5. The number of carbonyl (C=O) groups excluding carboxylic acids is 1. The molecule has 0 atom stereocenters. The van der Waals surface area contributed by atoms with E-state index in [4.69, 9.17) is 4.74 Å². The lowest BCUT2D eigenvalue weighted by molar-refractivity contribution is 0.102. The quantitative estimate of drug-likeness (QED) is 0.230. The Kier molecular flexibility index (Phi) is 7.16. The van der Waals surface area contributed by atoms with Gasteiger partial charge in [0.05, 0.1) is 12.0 Å². The van der Waals surface area contributed by atoms with Crippen molar-refractivity contribution in [2.75, 3.05) is 12.4 Å². The molecule has 0 aliphatic heterocycles. The van der Waals surface area contributed by atoms with Gasteiger partial charge < -0.3 is 10.1 Å². The Morgan fingerprint density at radius 3 is 2.39 bits per heavy atom. The second-order valence-corrected chi connectivity index (χ2v) is 10.0. The molecule has 36 heavy (non-hydrogen) atoms. The Morgan fingerprint density at radius 2 is 1.72 bits per heavy atom. The molecule has 2 aromatic heterocycles. The van der Waals surface area contributed by atoms with Crippen molar-refractivity contribution in [1.29, 1.82) is 0 Å². The lowest BCUT2D eigenvalue weighted by Crippen LogP contribution is -2.11. The van der Waals surface area contributed by atoms with E-state index in [0.717, 1.165) is 38.5 Å². The molecule has 3 aromatic carbocycles. The number of hydrogen-bond acceptors (Lipinski definition) is 6. The van der Waals surface area contributed by atoms with Gasteiger partial charge in [0.2, 0.25) is 0 Å². The first-order valence-electron chi connectivity index (χ1n) is 11.3. The normalized spacial score (nSPS) is 10.8. The third-order valence-corrected chi connectivity index (χ3v) is 7.46. The van der Waals surface area contributed by atoms with Gasteiger partial charge in [-0.05, 0) is 72.5 Å². The number of amides is 1. The smallest absolute Gasteiger partial charge is 0.255 e. The Balaban J connectivity index is 1.30. The molecule has 5 aromatic rings. The first kappa shape index (κ1) is 23.8. The van der Waals surface area contributed by atoms with Gasteiger partial charge in [-0.2, -0.15) is 0 Å². The summed E-state index contributed by atoms with van der Waals surface area (Å²) >= 11 is 3.26. The molecule has 5 rings (SSSR count). The van der Waals surface area contributed by atoms with E-state index in [1.54, 1.807) is 30.2 Å². The van der Waals surface area contributed by atoms with E-state index in [1.807, 2.05) is 60.0 Å². The zero-order chi connectivity index (χ0) is 24.9. The van der Waals surface area contributed by atoms with Crippen LogP contribution in [0.25, 0.3) is 16.4 Å². The molecule has 0 fully saturated rings. The number of anilines is 1. The van der Waals surface area contributed by atoms with Crippen molar-refractivity contribution < 1.29 is 9.53 Å². The van der Waals surface area contributed by atoms with Crippen molar-refractivity contribution in [3.63, 3.8) is 0 Å². The van der Waals surface area contributed by atoms with E-state index in [2.05, 4.69) is 57.3 Å². The largest absolute Gasteiger partial charge is 0.497 e. The van der Waals surface area contributed by atoms with Gasteiger partial charge in [-0.1, -0.05) is 47.7 Å². The summed E-state index contributed by atoms with van der Waals surface area (Å²) in [6.45, 7) is 2.08. The third kappa shape index (κ3) is 5.35. The molecule has 0 aliphatic rings. The number of methoxy groups -OCH3 is 1. The molecular formula is C28H24N4O2S2. The van der Waals surface area contributed by atoms with Crippen LogP contribution in [0.2, 0.25) is 0 Å². The molecule has 0 unspecified atom stereocenters. The Labute approximate surface area is 218 Å². The Morgan fingerprint density at radius 1 is 0.972 bits per heavy atom. The van der Waals surface area contributed by atoms with Crippen LogP contribution in [0, 0.1) is 6.92 Å². The topological polar surface area (TPSA) is 69.0 Å². The predicted molar refractivity (Wildman–Crippen MR) is 146 cm³/mol. The second kappa shape index (κ2) is 10.8. The van der Waals surface area contributed by atoms with Crippen molar-refractivity contribution in [3.05, 3.63) is 107 Å². The zero-order valence-electron chi connectivity index (χ0n) is 19.8. The van der Waals surface area contributed by atoms with E-state index in [1.165, 1.54) is 5.56 Å². The maximum absolute atomic E-state index is 12.6. The van der Waals surface area contributed by atoms with Gasteiger partial charge in [0.1, 0.15) is 5.75 Å². The van der Waals surface area contributed by atoms with Gasteiger partial charge in [-0.25, -0.2) is 0 Å². The van der Waals surface area contributed by atoms with Crippen molar-refractivity contribution in [2.24, 2.45) is 0 Å². The van der Waals surface area contributed by atoms with E-state index in [-0.39, 0.29) is 5.91 Å². The number of aromatic nitrogens is 3. The number of hydrogen-bond donors (Lipinski definition) is 1. The number of carbonyl (C=O) groups is 1. The monoisotopic (exact) mass is 512 g/mol. The minimum atomic E-state index is -0.154. The summed E-state index contributed by atoms with van der Waals surface area (Å²) in [6.07, 6.45) is 0. The second-order valence-electron chi connectivity index (χ2n) is 8.12. The SMILES string of the molecule is COc1ccc(NC(=O)c2ccc(CSc3nnc(-c4cccs4)n3-c3ccc(C)cc3)cc2)cc1. The van der Waals surface area contributed by atoms with Gasteiger partial charge in [0, 0.05) is 22.7 Å². The summed E-state index contributed by atoms with van der Waals surface area (Å²) in [5.41, 5.74) is 4.65. The van der Waals surface area contributed by atoms with Crippen molar-refractivity contribution >= 4 is 34.7 Å². The first-order valence-corrected chi connectivity index (χ1v) is 13.2. The van der Waals surface area contributed by atoms with Crippen LogP contribution in [-0.4, -0.2) is 27.8 Å². The molecule has 0 saturated heterocycles. The highest BCUT2D eigenvalue weighted by atomic mass is 32.2. The number of nitrogens with one attached hydrogen (secondary N) is 1. The van der Waals surface area contributed by atoms with Crippen molar-refractivity contribution in [2.45, 2.75) is 17.8 Å². The van der Waals surface area contributed by atoms with Gasteiger partial charge in [0.15, 0.2) is 11.0 Å². The Bertz CT molecular complexity index is 1440.